The summed E-state index contributed by atoms with van der Waals surface area (Å²) in [5.74, 6) is 1.67. The van der Waals surface area contributed by atoms with Crippen molar-refractivity contribution >= 4 is 17.5 Å². The second-order valence-corrected chi connectivity index (χ2v) is 7.01. The number of rotatable bonds is 7. The molecule has 0 unspecified atom stereocenters. The number of hydrogen-bond donors (Lipinski definition) is 1. The van der Waals surface area contributed by atoms with E-state index in [1.54, 1.807) is 6.08 Å². The highest BCUT2D eigenvalue weighted by Crippen LogP contribution is 2.31. The third kappa shape index (κ3) is 6.82. The molecular formula is C19H30ClNO2. The average molecular weight is 340 g/mol. The molecule has 1 amide bonds. The number of nitrogens with one attached hydrogen (secondary N) is 1. The highest BCUT2D eigenvalue weighted by Gasteiger charge is 2.25. The molecule has 1 saturated carbocycles. The number of methoxy groups -OCH3 is 1. The zero-order valence-corrected chi connectivity index (χ0v) is 15.6. The first-order valence-corrected chi connectivity index (χ1v) is 8.88. The standard InChI is InChI=1S/C19H30ClNO2/c1-6-15-7-9-16(10-8-15)19(22)21-17(11-13(2)3)12-18(20)14(4)23-5/h11-13,15-16H,4,6-10H2,1-3,5H3,(H,21,22)/b17-11+,18-12+. The fraction of sp³-hybridized carbons (Fsp3) is 0.632. The Balaban J connectivity index is 2.74. The first-order chi connectivity index (χ1) is 10.9. The normalized spacial score (nSPS) is 22.9. The quantitative estimate of drug-likeness (QED) is 0.515. The van der Waals surface area contributed by atoms with Crippen LogP contribution in [0.3, 0.4) is 0 Å². The van der Waals surface area contributed by atoms with Gasteiger partial charge in [-0.1, -0.05) is 51.4 Å². The lowest BCUT2D eigenvalue weighted by Gasteiger charge is -2.27. The summed E-state index contributed by atoms with van der Waals surface area (Å²) in [5.41, 5.74) is 0.714. The maximum Gasteiger partial charge on any atom is 0.227 e. The predicted octanol–water partition coefficient (Wildman–Crippen LogP) is 5.14. The Kier molecular flexibility index (Phi) is 8.46. The van der Waals surface area contributed by atoms with Crippen LogP contribution in [0.15, 0.2) is 35.2 Å². The minimum Gasteiger partial charge on any atom is -0.496 e. The first-order valence-electron chi connectivity index (χ1n) is 8.50. The number of ether oxygens (including phenoxy) is 1. The summed E-state index contributed by atoms with van der Waals surface area (Å²) in [7, 11) is 1.52. The molecule has 0 bridgehead atoms. The van der Waals surface area contributed by atoms with Gasteiger partial charge in [0.05, 0.1) is 12.1 Å². The van der Waals surface area contributed by atoms with Gasteiger partial charge in [-0.05, 0) is 43.6 Å². The average Bonchev–Trinajstić information content (AvgIpc) is 2.53. The second-order valence-electron chi connectivity index (χ2n) is 6.60. The molecule has 1 N–H and O–H groups in total. The van der Waals surface area contributed by atoms with Crippen molar-refractivity contribution in [2.24, 2.45) is 17.8 Å². The summed E-state index contributed by atoms with van der Waals surface area (Å²) in [6.45, 7) is 10.1. The summed E-state index contributed by atoms with van der Waals surface area (Å²) in [4.78, 5) is 12.5. The number of halogens is 1. The van der Waals surface area contributed by atoms with Crippen LogP contribution in [-0.2, 0) is 9.53 Å². The van der Waals surface area contributed by atoms with E-state index in [9.17, 15) is 4.79 Å². The highest BCUT2D eigenvalue weighted by molar-refractivity contribution is 6.31. The van der Waals surface area contributed by atoms with Crippen LogP contribution < -0.4 is 5.32 Å². The van der Waals surface area contributed by atoms with Gasteiger partial charge in [0.15, 0.2) is 0 Å². The molecule has 0 spiro atoms. The third-order valence-corrected chi connectivity index (χ3v) is 4.69. The maximum absolute atomic E-state index is 12.5. The molecule has 130 valence electrons. The molecule has 23 heavy (non-hydrogen) atoms. The van der Waals surface area contributed by atoms with Crippen LogP contribution >= 0.6 is 11.6 Å². The topological polar surface area (TPSA) is 38.3 Å². The molecule has 0 saturated heterocycles. The van der Waals surface area contributed by atoms with Crippen LogP contribution in [0.1, 0.15) is 52.9 Å². The van der Waals surface area contributed by atoms with Gasteiger partial charge in [-0.15, -0.1) is 0 Å². The number of amides is 1. The zero-order valence-electron chi connectivity index (χ0n) is 14.8. The van der Waals surface area contributed by atoms with Gasteiger partial charge in [-0.3, -0.25) is 4.79 Å². The Bertz CT molecular complexity index is 472. The fourth-order valence-corrected chi connectivity index (χ4v) is 3.07. The number of hydrogen-bond acceptors (Lipinski definition) is 2. The molecule has 1 aliphatic rings. The first kappa shape index (κ1) is 19.8. The molecule has 0 atom stereocenters. The van der Waals surface area contributed by atoms with Crippen molar-refractivity contribution in [2.45, 2.75) is 52.9 Å². The molecule has 4 heteroatoms. The molecule has 1 aliphatic carbocycles. The van der Waals surface area contributed by atoms with Crippen molar-refractivity contribution in [3.63, 3.8) is 0 Å². The number of carbonyl (C=O) groups excluding carboxylic acids is 1. The lowest BCUT2D eigenvalue weighted by molar-refractivity contribution is -0.125. The summed E-state index contributed by atoms with van der Waals surface area (Å²) in [6, 6.07) is 0. The third-order valence-electron chi connectivity index (χ3n) is 4.37. The highest BCUT2D eigenvalue weighted by atomic mass is 35.5. The molecule has 3 nitrogen and oxygen atoms in total. The van der Waals surface area contributed by atoms with Crippen LogP contribution in [0.4, 0.5) is 0 Å². The van der Waals surface area contributed by atoms with Crippen molar-refractivity contribution < 1.29 is 9.53 Å². The molecule has 0 radical (unpaired) electrons. The Morgan fingerprint density at radius 1 is 1.35 bits per heavy atom. The predicted molar refractivity (Wildman–Crippen MR) is 96.9 cm³/mol. The Labute approximate surface area is 145 Å². The summed E-state index contributed by atoms with van der Waals surface area (Å²) < 4.78 is 5.03. The molecule has 0 aromatic rings. The van der Waals surface area contributed by atoms with Gasteiger partial charge in [0.2, 0.25) is 5.91 Å². The second kappa shape index (κ2) is 9.82. The van der Waals surface area contributed by atoms with Crippen LogP contribution in [0.2, 0.25) is 0 Å². The number of carbonyl (C=O) groups is 1. The van der Waals surface area contributed by atoms with E-state index in [0.29, 0.717) is 22.4 Å². The van der Waals surface area contributed by atoms with Crippen LogP contribution in [0, 0.1) is 17.8 Å². The summed E-state index contributed by atoms with van der Waals surface area (Å²) >= 11 is 6.16. The Morgan fingerprint density at radius 2 is 1.96 bits per heavy atom. The number of allylic oxidation sites excluding steroid dienone is 3. The summed E-state index contributed by atoms with van der Waals surface area (Å²) in [5, 5.41) is 3.42. The Hall–Kier alpha value is -1.22. The largest absolute Gasteiger partial charge is 0.496 e. The van der Waals surface area contributed by atoms with E-state index in [-0.39, 0.29) is 11.8 Å². The van der Waals surface area contributed by atoms with Gasteiger partial charge in [0.1, 0.15) is 5.76 Å². The van der Waals surface area contributed by atoms with Crippen molar-refractivity contribution in [2.75, 3.05) is 7.11 Å². The monoisotopic (exact) mass is 339 g/mol. The van der Waals surface area contributed by atoms with Gasteiger partial charge in [-0.2, -0.15) is 0 Å². The summed E-state index contributed by atoms with van der Waals surface area (Å²) in [6.07, 6.45) is 9.15. The van der Waals surface area contributed by atoms with Crippen LogP contribution in [0.5, 0.6) is 0 Å². The molecule has 0 aliphatic heterocycles. The van der Waals surface area contributed by atoms with Crippen molar-refractivity contribution in [1.82, 2.24) is 5.32 Å². The van der Waals surface area contributed by atoms with Gasteiger partial charge in [0.25, 0.3) is 0 Å². The molecule has 0 heterocycles. The molecular weight excluding hydrogens is 310 g/mol. The van der Waals surface area contributed by atoms with Gasteiger partial charge < -0.3 is 10.1 Å². The van der Waals surface area contributed by atoms with Crippen LogP contribution in [-0.4, -0.2) is 13.0 Å². The zero-order chi connectivity index (χ0) is 17.4. The van der Waals surface area contributed by atoms with Gasteiger partial charge >= 0.3 is 0 Å². The van der Waals surface area contributed by atoms with Gasteiger partial charge in [0, 0.05) is 11.6 Å². The molecule has 1 rings (SSSR count). The van der Waals surface area contributed by atoms with E-state index in [0.717, 1.165) is 31.6 Å². The van der Waals surface area contributed by atoms with E-state index < -0.39 is 0 Å². The minimum atomic E-state index is 0.0928. The van der Waals surface area contributed by atoms with Gasteiger partial charge in [-0.25, -0.2) is 0 Å². The van der Waals surface area contributed by atoms with E-state index >= 15 is 0 Å². The van der Waals surface area contributed by atoms with E-state index in [2.05, 4.69) is 32.7 Å². The lowest BCUT2D eigenvalue weighted by Crippen LogP contribution is -2.32. The SMILES string of the molecule is C=C(OC)/C(Cl)=C\C(=C/C(C)C)NC(=O)C1CCC(CC)CC1. The van der Waals surface area contributed by atoms with E-state index in [1.165, 1.54) is 13.5 Å². The lowest BCUT2D eigenvalue weighted by atomic mass is 9.80. The van der Waals surface area contributed by atoms with Crippen LogP contribution in [0.25, 0.3) is 0 Å². The molecule has 0 aromatic carbocycles. The fourth-order valence-electron chi connectivity index (χ4n) is 2.88. The van der Waals surface area contributed by atoms with E-state index in [4.69, 9.17) is 16.3 Å². The maximum atomic E-state index is 12.5. The van der Waals surface area contributed by atoms with E-state index in [1.807, 2.05) is 6.08 Å². The minimum absolute atomic E-state index is 0.0928. The van der Waals surface area contributed by atoms with Crippen molar-refractivity contribution in [1.29, 1.82) is 0 Å². The van der Waals surface area contributed by atoms with Crippen molar-refractivity contribution in [3.05, 3.63) is 35.2 Å². The van der Waals surface area contributed by atoms with Crippen molar-refractivity contribution in [3.8, 4) is 0 Å². The smallest absolute Gasteiger partial charge is 0.227 e. The molecule has 0 aromatic heterocycles. The molecule has 1 fully saturated rings. The Morgan fingerprint density at radius 3 is 2.43 bits per heavy atom.